The molecule has 1 saturated heterocycles. The molecule has 138 valence electrons. The number of hydrogen-bond donors (Lipinski definition) is 1. The van der Waals surface area contributed by atoms with Crippen molar-refractivity contribution in [3.63, 3.8) is 0 Å². The quantitative estimate of drug-likeness (QED) is 0.577. The van der Waals surface area contributed by atoms with Crippen LogP contribution in [0.3, 0.4) is 0 Å². The number of rotatable bonds is 5. The Kier molecular flexibility index (Phi) is 5.86. The Bertz CT molecular complexity index is 934. The van der Waals surface area contributed by atoms with Crippen molar-refractivity contribution >= 4 is 46.5 Å². The molecule has 0 spiro atoms. The zero-order chi connectivity index (χ0) is 18.6. The van der Waals surface area contributed by atoms with E-state index in [1.165, 1.54) is 34.0 Å². The van der Waals surface area contributed by atoms with Crippen LogP contribution in [0.4, 0.5) is 5.69 Å². The number of nitrogens with one attached hydrogen (secondary N) is 1. The van der Waals surface area contributed by atoms with E-state index in [1.54, 1.807) is 0 Å². The Balaban J connectivity index is 1.47. The van der Waals surface area contributed by atoms with Crippen LogP contribution in [-0.4, -0.2) is 22.4 Å². The zero-order valence-corrected chi connectivity index (χ0v) is 17.4. The maximum absolute atomic E-state index is 12.8. The van der Waals surface area contributed by atoms with Crippen LogP contribution >= 0.6 is 34.9 Å². The molecule has 4 rings (SSSR count). The van der Waals surface area contributed by atoms with Crippen LogP contribution in [0.15, 0.2) is 54.6 Å². The molecule has 2 aromatic carbocycles. The summed E-state index contributed by atoms with van der Waals surface area (Å²) in [5, 5.41) is 4.02. The van der Waals surface area contributed by atoms with Gasteiger partial charge in [-0.15, -0.1) is 34.9 Å². The van der Waals surface area contributed by atoms with E-state index in [1.807, 2.05) is 60.8 Å². The van der Waals surface area contributed by atoms with Gasteiger partial charge in [0.1, 0.15) is 4.88 Å². The molecule has 0 atom stereocenters. The fourth-order valence-corrected chi connectivity index (χ4v) is 6.84. The van der Waals surface area contributed by atoms with Gasteiger partial charge in [0.2, 0.25) is 0 Å². The van der Waals surface area contributed by atoms with Crippen molar-refractivity contribution in [3.05, 3.63) is 81.3 Å². The van der Waals surface area contributed by atoms with Crippen molar-refractivity contribution in [1.82, 2.24) is 4.98 Å². The molecule has 0 saturated carbocycles. The van der Waals surface area contributed by atoms with Crippen LogP contribution in [0.2, 0.25) is 0 Å². The van der Waals surface area contributed by atoms with Gasteiger partial charge in [0.25, 0.3) is 5.91 Å². The number of thioether (sulfide) groups is 2. The van der Waals surface area contributed by atoms with E-state index in [0.717, 1.165) is 22.8 Å². The molecule has 1 aliphatic rings. The second-order valence-electron chi connectivity index (χ2n) is 6.34. The topological polar surface area (TPSA) is 42.0 Å². The van der Waals surface area contributed by atoms with E-state index < -0.39 is 0 Å². The first kappa shape index (κ1) is 18.6. The molecule has 0 bridgehead atoms. The third-order valence-electron chi connectivity index (χ3n) is 4.28. The molecular weight excluding hydrogens is 392 g/mol. The summed E-state index contributed by atoms with van der Waals surface area (Å²) in [4.78, 5) is 18.1. The first-order valence-corrected chi connectivity index (χ1v) is 11.8. The average Bonchev–Trinajstić information content (AvgIpc) is 3.33. The molecule has 3 nitrogen and oxygen atoms in total. The number of anilines is 1. The monoisotopic (exact) mass is 412 g/mol. The third-order valence-corrected chi connectivity index (χ3v) is 8.54. The second-order valence-corrected chi connectivity index (χ2v) is 10.1. The fourth-order valence-electron chi connectivity index (χ4n) is 3.01. The molecule has 1 aliphatic heterocycles. The number of carbonyl (C=O) groups is 1. The number of benzene rings is 2. The molecule has 1 aromatic heterocycles. The van der Waals surface area contributed by atoms with Gasteiger partial charge in [-0.05, 0) is 30.2 Å². The zero-order valence-electron chi connectivity index (χ0n) is 15.0. The first-order valence-electron chi connectivity index (χ1n) is 8.84. The predicted octanol–water partition coefficient (Wildman–Crippen LogP) is 5.77. The lowest BCUT2D eigenvalue weighted by molar-refractivity contribution is 0.103. The van der Waals surface area contributed by atoms with E-state index in [0.29, 0.717) is 9.46 Å². The van der Waals surface area contributed by atoms with E-state index in [9.17, 15) is 4.79 Å². The summed E-state index contributed by atoms with van der Waals surface area (Å²) in [7, 11) is 0. The summed E-state index contributed by atoms with van der Waals surface area (Å²) in [5.41, 5.74) is 4.12. The maximum atomic E-state index is 12.8. The highest BCUT2D eigenvalue weighted by atomic mass is 32.2. The van der Waals surface area contributed by atoms with Crippen molar-refractivity contribution in [1.29, 1.82) is 0 Å². The number of thiazole rings is 1. The summed E-state index contributed by atoms with van der Waals surface area (Å²) in [6.07, 6.45) is 0.755. The summed E-state index contributed by atoms with van der Waals surface area (Å²) in [6, 6.07) is 18.4. The largest absolute Gasteiger partial charge is 0.321 e. The van der Waals surface area contributed by atoms with E-state index in [2.05, 4.69) is 34.6 Å². The van der Waals surface area contributed by atoms with E-state index in [-0.39, 0.29) is 5.91 Å². The molecule has 2 heterocycles. The van der Waals surface area contributed by atoms with Crippen LogP contribution in [0, 0.1) is 6.92 Å². The Morgan fingerprint density at radius 3 is 2.67 bits per heavy atom. The molecular formula is C21H20N2OS3. The van der Waals surface area contributed by atoms with Crippen molar-refractivity contribution < 1.29 is 4.79 Å². The van der Waals surface area contributed by atoms with Gasteiger partial charge >= 0.3 is 0 Å². The molecule has 1 amide bonds. The Hall–Kier alpha value is -1.76. The Morgan fingerprint density at radius 2 is 1.89 bits per heavy atom. The third kappa shape index (κ3) is 4.57. The highest BCUT2D eigenvalue weighted by molar-refractivity contribution is 8.19. The van der Waals surface area contributed by atoms with Crippen LogP contribution in [-0.2, 0) is 6.42 Å². The first-order chi connectivity index (χ1) is 13.2. The van der Waals surface area contributed by atoms with Gasteiger partial charge in [-0.25, -0.2) is 4.98 Å². The number of hydrogen-bond acceptors (Lipinski definition) is 5. The molecule has 0 radical (unpaired) electrons. The fraction of sp³-hybridized carbons (Fsp3) is 0.238. The summed E-state index contributed by atoms with van der Waals surface area (Å²) in [6.45, 7) is 1.90. The van der Waals surface area contributed by atoms with Crippen molar-refractivity contribution in [2.45, 2.75) is 17.9 Å². The van der Waals surface area contributed by atoms with Crippen LogP contribution < -0.4 is 5.32 Å². The molecule has 0 unspecified atom stereocenters. The highest BCUT2D eigenvalue weighted by Gasteiger charge is 2.19. The second kappa shape index (κ2) is 8.50. The minimum Gasteiger partial charge on any atom is -0.321 e. The molecule has 1 fully saturated rings. The lowest BCUT2D eigenvalue weighted by Gasteiger charge is -2.11. The van der Waals surface area contributed by atoms with Crippen molar-refractivity contribution in [2.75, 3.05) is 16.8 Å². The summed E-state index contributed by atoms with van der Waals surface area (Å²) >= 11 is 5.42. The van der Waals surface area contributed by atoms with Crippen LogP contribution in [0.5, 0.6) is 0 Å². The van der Waals surface area contributed by atoms with Crippen LogP contribution in [0.25, 0.3) is 0 Å². The van der Waals surface area contributed by atoms with E-state index >= 15 is 0 Å². The lowest BCUT2D eigenvalue weighted by Crippen LogP contribution is -2.11. The normalized spacial score (nSPS) is 14.4. The molecule has 0 aliphatic carbocycles. The molecule has 3 aromatic rings. The number of aryl methyl sites for hydroxylation is 1. The highest BCUT2D eigenvalue weighted by Crippen LogP contribution is 2.45. The van der Waals surface area contributed by atoms with Gasteiger partial charge in [0.15, 0.2) is 0 Å². The van der Waals surface area contributed by atoms with Crippen molar-refractivity contribution in [2.24, 2.45) is 0 Å². The number of carbonyl (C=O) groups excluding carboxylic acids is 1. The number of amides is 1. The Labute approximate surface area is 172 Å². The van der Waals surface area contributed by atoms with Gasteiger partial charge in [-0.3, -0.25) is 4.79 Å². The van der Waals surface area contributed by atoms with Gasteiger partial charge in [0.05, 0.1) is 15.3 Å². The van der Waals surface area contributed by atoms with Gasteiger partial charge in [0, 0.05) is 23.6 Å². The lowest BCUT2D eigenvalue weighted by atomic mass is 10.2. The van der Waals surface area contributed by atoms with Crippen molar-refractivity contribution in [3.8, 4) is 0 Å². The standard InChI is InChI=1S/C21H20N2OS3/c1-14-19(27-18(22-14)12-15-6-3-2-4-7-15)20(24)23-17-9-5-8-16(13-17)21-25-10-11-26-21/h2-9,13,21H,10-12H2,1H3,(H,23,24). The van der Waals surface area contributed by atoms with Crippen LogP contribution in [0.1, 0.15) is 36.1 Å². The number of aromatic nitrogens is 1. The number of nitrogens with zero attached hydrogens (tertiary/aromatic N) is 1. The summed E-state index contributed by atoms with van der Waals surface area (Å²) < 4.78 is 0.476. The maximum Gasteiger partial charge on any atom is 0.267 e. The molecule has 6 heteroatoms. The van der Waals surface area contributed by atoms with Gasteiger partial charge in [-0.2, -0.15) is 0 Å². The Morgan fingerprint density at radius 1 is 1.11 bits per heavy atom. The molecule has 27 heavy (non-hydrogen) atoms. The predicted molar refractivity (Wildman–Crippen MR) is 118 cm³/mol. The average molecular weight is 413 g/mol. The molecule has 1 N–H and O–H groups in total. The smallest absolute Gasteiger partial charge is 0.267 e. The minimum atomic E-state index is -0.0758. The van der Waals surface area contributed by atoms with E-state index in [4.69, 9.17) is 0 Å². The summed E-state index contributed by atoms with van der Waals surface area (Å²) in [5.74, 6) is 2.31. The van der Waals surface area contributed by atoms with Gasteiger partial charge < -0.3 is 5.32 Å². The van der Waals surface area contributed by atoms with Gasteiger partial charge in [-0.1, -0.05) is 42.5 Å². The SMILES string of the molecule is Cc1nc(Cc2ccccc2)sc1C(=O)Nc1cccc(C2SCCS2)c1. The minimum absolute atomic E-state index is 0.0758.